The summed E-state index contributed by atoms with van der Waals surface area (Å²) in [5, 5.41) is 0. The van der Waals surface area contributed by atoms with Crippen LogP contribution in [-0.2, 0) is 9.53 Å². The van der Waals surface area contributed by atoms with E-state index in [1.165, 1.54) is 26.4 Å². The highest BCUT2D eigenvalue weighted by atomic mass is 35.5. The van der Waals surface area contributed by atoms with Gasteiger partial charge in [0.15, 0.2) is 0 Å². The van der Waals surface area contributed by atoms with Gasteiger partial charge in [0.2, 0.25) is 0 Å². The first-order valence-electron chi connectivity index (χ1n) is 7.52. The smallest absolute Gasteiger partial charge is 0.334 e. The topological polar surface area (TPSA) is 55.0 Å². The second-order valence-corrected chi connectivity index (χ2v) is 5.57. The number of benzene rings is 1. The molecule has 0 unspecified atom stereocenters. The van der Waals surface area contributed by atoms with Gasteiger partial charge in [0.25, 0.3) is 0 Å². The van der Waals surface area contributed by atoms with Gasteiger partial charge < -0.3 is 9.72 Å². The zero-order chi connectivity index (χ0) is 14.7. The highest BCUT2D eigenvalue weighted by molar-refractivity contribution is 5.94. The first-order valence-corrected chi connectivity index (χ1v) is 7.52. The van der Waals surface area contributed by atoms with E-state index in [-0.39, 0.29) is 30.8 Å². The molecule has 1 aromatic heterocycles. The number of nitrogens with zero attached hydrogens (tertiary/aromatic N) is 1. The summed E-state index contributed by atoms with van der Waals surface area (Å²) in [6.07, 6.45) is 7.60. The Morgan fingerprint density at radius 3 is 2.57 bits per heavy atom. The fraction of sp³-hybridized carbons (Fsp3) is 0.412. The molecule has 23 heavy (non-hydrogen) atoms. The molecule has 0 radical (unpaired) electrons. The van der Waals surface area contributed by atoms with Crippen LogP contribution in [-0.4, -0.2) is 23.0 Å². The van der Waals surface area contributed by atoms with Gasteiger partial charge in [-0.05, 0) is 37.0 Å². The molecule has 3 rings (SSSR count). The largest absolute Gasteiger partial charge is 0.466 e. The lowest BCUT2D eigenvalue weighted by atomic mass is 9.83. The van der Waals surface area contributed by atoms with Gasteiger partial charge in [0.1, 0.15) is 5.82 Å². The fourth-order valence-electron chi connectivity index (χ4n) is 3.06. The van der Waals surface area contributed by atoms with E-state index in [4.69, 9.17) is 4.74 Å². The minimum Gasteiger partial charge on any atom is -0.466 e. The third-order valence-corrected chi connectivity index (χ3v) is 4.17. The van der Waals surface area contributed by atoms with Crippen molar-refractivity contribution in [3.05, 3.63) is 35.7 Å². The van der Waals surface area contributed by atoms with Crippen molar-refractivity contribution in [1.29, 1.82) is 0 Å². The minimum atomic E-state index is -0.234. The average molecular weight is 357 g/mol. The molecule has 4 nitrogen and oxygen atoms in total. The van der Waals surface area contributed by atoms with Crippen LogP contribution in [0.1, 0.15) is 37.9 Å². The molecule has 2 aromatic rings. The maximum absolute atomic E-state index is 12.1. The van der Waals surface area contributed by atoms with Crippen molar-refractivity contribution in [1.82, 2.24) is 9.97 Å². The number of halogens is 2. The maximum atomic E-state index is 12.1. The van der Waals surface area contributed by atoms with Crippen LogP contribution in [0.15, 0.2) is 29.8 Å². The van der Waals surface area contributed by atoms with Gasteiger partial charge >= 0.3 is 5.97 Å². The normalized spacial score (nSPS) is 15.6. The predicted molar refractivity (Wildman–Crippen MR) is 97.2 cm³/mol. The van der Waals surface area contributed by atoms with Crippen LogP contribution in [0.25, 0.3) is 17.1 Å². The Morgan fingerprint density at radius 2 is 1.91 bits per heavy atom. The van der Waals surface area contributed by atoms with Crippen molar-refractivity contribution in [2.45, 2.75) is 32.1 Å². The number of para-hydroxylation sites is 2. The van der Waals surface area contributed by atoms with Crippen molar-refractivity contribution in [3.63, 3.8) is 0 Å². The monoisotopic (exact) mass is 356 g/mol. The molecule has 1 heterocycles. The third kappa shape index (κ3) is 4.49. The van der Waals surface area contributed by atoms with Gasteiger partial charge in [-0.25, -0.2) is 9.78 Å². The molecule has 126 valence electrons. The van der Waals surface area contributed by atoms with Crippen LogP contribution in [0.3, 0.4) is 0 Å². The summed E-state index contributed by atoms with van der Waals surface area (Å²) in [4.78, 5) is 19.9. The Kier molecular flexibility index (Phi) is 7.59. The standard InChI is InChI=1S/C17H20N2O2.2ClH/c1-21-17(20)13(12-7-3-2-4-8-12)11-16-18-14-9-5-6-10-15(14)19-16;;/h5-6,9-12H,2-4,7-8H2,1H3,(H,18,19);2*1H. The van der Waals surface area contributed by atoms with Crippen LogP contribution in [0.2, 0.25) is 0 Å². The molecule has 1 aromatic carbocycles. The number of carbonyl (C=O) groups is 1. The van der Waals surface area contributed by atoms with Gasteiger partial charge in [-0.1, -0.05) is 31.4 Å². The number of nitrogens with one attached hydrogen (secondary N) is 1. The summed E-state index contributed by atoms with van der Waals surface area (Å²) in [6.45, 7) is 0. The third-order valence-electron chi connectivity index (χ3n) is 4.17. The number of methoxy groups -OCH3 is 1. The molecule has 1 aliphatic carbocycles. The Bertz CT molecular complexity index is 643. The first-order chi connectivity index (χ1) is 10.3. The lowest BCUT2D eigenvalue weighted by Gasteiger charge is -2.22. The van der Waals surface area contributed by atoms with Crippen LogP contribution < -0.4 is 0 Å². The molecule has 0 spiro atoms. The summed E-state index contributed by atoms with van der Waals surface area (Å²) >= 11 is 0. The van der Waals surface area contributed by atoms with Crippen molar-refractivity contribution in [2.24, 2.45) is 5.92 Å². The van der Waals surface area contributed by atoms with Crippen molar-refractivity contribution < 1.29 is 9.53 Å². The van der Waals surface area contributed by atoms with E-state index in [1.807, 2.05) is 30.3 Å². The number of ether oxygens (including phenoxy) is 1. The van der Waals surface area contributed by atoms with Crippen LogP contribution in [0.5, 0.6) is 0 Å². The van der Waals surface area contributed by atoms with Crippen molar-refractivity contribution in [2.75, 3.05) is 7.11 Å². The molecular weight excluding hydrogens is 335 g/mol. The van der Waals surface area contributed by atoms with E-state index in [1.54, 1.807) is 0 Å². The van der Waals surface area contributed by atoms with Crippen LogP contribution in [0.4, 0.5) is 0 Å². The molecular formula is C17H22Cl2N2O2. The molecule has 0 aliphatic heterocycles. The highest BCUT2D eigenvalue weighted by Gasteiger charge is 2.24. The SMILES string of the molecule is COC(=O)C(=Cc1nc2ccccc2[nH]1)C1CCCCC1.Cl.Cl. The summed E-state index contributed by atoms with van der Waals surface area (Å²) in [5.41, 5.74) is 2.64. The molecule has 0 saturated heterocycles. The molecule has 6 heteroatoms. The lowest BCUT2D eigenvalue weighted by Crippen LogP contribution is -2.17. The second-order valence-electron chi connectivity index (χ2n) is 5.57. The van der Waals surface area contributed by atoms with Gasteiger partial charge in [-0.3, -0.25) is 0 Å². The number of esters is 1. The number of H-pyrrole nitrogens is 1. The number of fused-ring (bicyclic) bond motifs is 1. The lowest BCUT2D eigenvalue weighted by molar-refractivity contribution is -0.136. The Labute approximate surface area is 148 Å². The van der Waals surface area contributed by atoms with Gasteiger partial charge in [-0.2, -0.15) is 0 Å². The second kappa shape index (κ2) is 8.94. The van der Waals surface area contributed by atoms with E-state index >= 15 is 0 Å². The molecule has 1 N–H and O–H groups in total. The molecule has 1 aliphatic rings. The number of aromatic amines is 1. The van der Waals surface area contributed by atoms with Crippen LogP contribution >= 0.6 is 24.8 Å². The van der Waals surface area contributed by atoms with E-state index in [9.17, 15) is 4.79 Å². The number of imidazole rings is 1. The molecule has 1 saturated carbocycles. The fourth-order valence-corrected chi connectivity index (χ4v) is 3.06. The molecule has 0 amide bonds. The zero-order valence-electron chi connectivity index (χ0n) is 13.1. The highest BCUT2D eigenvalue weighted by Crippen LogP contribution is 2.31. The summed E-state index contributed by atoms with van der Waals surface area (Å²) in [6, 6.07) is 7.87. The van der Waals surface area contributed by atoms with Crippen molar-refractivity contribution >= 4 is 47.9 Å². The van der Waals surface area contributed by atoms with Crippen molar-refractivity contribution in [3.8, 4) is 0 Å². The summed E-state index contributed by atoms with van der Waals surface area (Å²) in [7, 11) is 1.44. The summed E-state index contributed by atoms with van der Waals surface area (Å²) < 4.78 is 4.96. The van der Waals surface area contributed by atoms with E-state index in [2.05, 4.69) is 9.97 Å². The Hall–Kier alpha value is -1.52. The first kappa shape index (κ1) is 19.5. The van der Waals surface area contributed by atoms with Gasteiger partial charge in [0.05, 0.1) is 18.1 Å². The number of carbonyl (C=O) groups excluding carboxylic acids is 1. The number of hydrogen-bond acceptors (Lipinski definition) is 3. The Balaban J connectivity index is 0.00000132. The minimum absolute atomic E-state index is 0. The van der Waals surface area contributed by atoms with E-state index in [0.29, 0.717) is 5.92 Å². The van der Waals surface area contributed by atoms with E-state index in [0.717, 1.165) is 35.3 Å². The number of hydrogen-bond donors (Lipinski definition) is 1. The number of rotatable bonds is 3. The molecule has 1 fully saturated rings. The van der Waals surface area contributed by atoms with Crippen LogP contribution in [0, 0.1) is 5.92 Å². The Morgan fingerprint density at radius 1 is 1.22 bits per heavy atom. The van der Waals surface area contributed by atoms with Gasteiger partial charge in [0, 0.05) is 5.57 Å². The zero-order valence-corrected chi connectivity index (χ0v) is 14.7. The van der Waals surface area contributed by atoms with E-state index < -0.39 is 0 Å². The quantitative estimate of drug-likeness (QED) is 0.648. The maximum Gasteiger partial charge on any atom is 0.334 e. The number of aromatic nitrogens is 2. The van der Waals surface area contributed by atoms with Gasteiger partial charge in [-0.15, -0.1) is 24.8 Å². The molecule has 0 bridgehead atoms. The molecule has 0 atom stereocenters. The average Bonchev–Trinajstić information content (AvgIpc) is 2.95. The predicted octanol–water partition coefficient (Wildman–Crippen LogP) is 4.54. The summed E-state index contributed by atoms with van der Waals surface area (Å²) in [5.74, 6) is 0.781.